The molecule has 1 fully saturated rings. The van der Waals surface area contributed by atoms with Crippen LogP contribution >= 0.6 is 0 Å². The number of nitrogens with zero attached hydrogens (tertiary/aromatic N) is 1. The molecule has 1 aromatic rings. The molecule has 1 aliphatic carbocycles. The quantitative estimate of drug-likeness (QED) is 0.926. The molecule has 1 saturated carbocycles. The summed E-state index contributed by atoms with van der Waals surface area (Å²) in [4.78, 5) is 11.6. The maximum absolute atomic E-state index is 12.7. The van der Waals surface area contributed by atoms with Crippen molar-refractivity contribution in [3.05, 3.63) is 35.4 Å². The number of nitrogens with one attached hydrogen (secondary N) is 1. The number of amides is 1. The fraction of sp³-hybridized carbons (Fsp3) is 0.429. The lowest BCUT2D eigenvalue weighted by Gasteiger charge is -2.43. The van der Waals surface area contributed by atoms with Gasteiger partial charge in [-0.25, -0.2) is 0 Å². The van der Waals surface area contributed by atoms with Gasteiger partial charge in [-0.15, -0.1) is 0 Å². The van der Waals surface area contributed by atoms with Gasteiger partial charge in [-0.05, 0) is 37.0 Å². The molecule has 20 heavy (non-hydrogen) atoms. The normalized spacial score (nSPS) is 16.9. The Morgan fingerprint density at radius 1 is 1.40 bits per heavy atom. The number of rotatable bonds is 3. The van der Waals surface area contributed by atoms with Gasteiger partial charge in [0.2, 0.25) is 5.91 Å². The minimum Gasteiger partial charge on any atom is -0.346 e. The minimum atomic E-state index is -4.41. The van der Waals surface area contributed by atoms with Gasteiger partial charge in [-0.1, -0.05) is 12.1 Å². The molecule has 3 nitrogen and oxygen atoms in total. The Labute approximate surface area is 114 Å². The van der Waals surface area contributed by atoms with Crippen LogP contribution in [0.2, 0.25) is 0 Å². The average Bonchev–Trinajstić information content (AvgIpc) is 2.33. The van der Waals surface area contributed by atoms with E-state index in [9.17, 15) is 18.0 Å². The van der Waals surface area contributed by atoms with Crippen molar-refractivity contribution in [1.82, 2.24) is 5.32 Å². The van der Waals surface area contributed by atoms with Crippen LogP contribution in [-0.4, -0.2) is 5.91 Å². The molecule has 0 unspecified atom stereocenters. The smallest absolute Gasteiger partial charge is 0.346 e. The van der Waals surface area contributed by atoms with E-state index in [1.807, 2.05) is 0 Å². The molecule has 1 aliphatic rings. The average molecular weight is 282 g/mol. The lowest BCUT2D eigenvalue weighted by atomic mass is 9.71. The van der Waals surface area contributed by atoms with Gasteiger partial charge in [-0.2, -0.15) is 18.4 Å². The van der Waals surface area contributed by atoms with Gasteiger partial charge in [0, 0.05) is 0 Å². The molecule has 0 saturated heterocycles. The monoisotopic (exact) mass is 282 g/mol. The van der Waals surface area contributed by atoms with Crippen molar-refractivity contribution in [3.63, 3.8) is 0 Å². The predicted molar refractivity (Wildman–Crippen MR) is 65.3 cm³/mol. The summed E-state index contributed by atoms with van der Waals surface area (Å²) in [5.41, 5.74) is -1.03. The van der Waals surface area contributed by atoms with Gasteiger partial charge in [0.05, 0.1) is 17.2 Å². The number of nitriles is 1. The van der Waals surface area contributed by atoms with E-state index in [0.717, 1.165) is 18.6 Å². The zero-order valence-electron chi connectivity index (χ0n) is 10.6. The molecule has 1 amide bonds. The Kier molecular flexibility index (Phi) is 3.71. The SMILES string of the molecule is N#CCC(=O)NC1(c2cccc(C(F)(F)F)c2)CCC1. The topological polar surface area (TPSA) is 52.9 Å². The third kappa shape index (κ3) is 2.77. The summed E-state index contributed by atoms with van der Waals surface area (Å²) < 4.78 is 38.2. The first kappa shape index (κ1) is 14.4. The third-order valence-corrected chi connectivity index (χ3v) is 3.57. The highest BCUT2D eigenvalue weighted by Crippen LogP contribution is 2.42. The Hall–Kier alpha value is -2.03. The van der Waals surface area contributed by atoms with Crippen LogP contribution in [0.3, 0.4) is 0 Å². The van der Waals surface area contributed by atoms with Gasteiger partial charge < -0.3 is 5.32 Å². The Bertz CT molecular complexity index is 556. The highest BCUT2D eigenvalue weighted by Gasteiger charge is 2.41. The van der Waals surface area contributed by atoms with Gasteiger partial charge in [0.15, 0.2) is 0 Å². The molecule has 0 aliphatic heterocycles. The maximum Gasteiger partial charge on any atom is 0.416 e. The van der Waals surface area contributed by atoms with Crippen LogP contribution in [0.15, 0.2) is 24.3 Å². The zero-order valence-corrected chi connectivity index (χ0v) is 10.6. The molecule has 6 heteroatoms. The van der Waals surface area contributed by atoms with Crippen LogP contribution < -0.4 is 5.32 Å². The van der Waals surface area contributed by atoms with E-state index in [1.54, 1.807) is 12.1 Å². The second kappa shape index (κ2) is 5.16. The molecule has 0 spiro atoms. The Morgan fingerprint density at radius 2 is 2.10 bits per heavy atom. The van der Waals surface area contributed by atoms with Crippen molar-refractivity contribution in [1.29, 1.82) is 5.26 Å². The van der Waals surface area contributed by atoms with E-state index in [1.165, 1.54) is 6.07 Å². The molecule has 0 radical (unpaired) electrons. The summed E-state index contributed by atoms with van der Waals surface area (Å²) in [7, 11) is 0. The molecule has 0 bridgehead atoms. The molecule has 1 aromatic carbocycles. The summed E-state index contributed by atoms with van der Waals surface area (Å²) in [5.74, 6) is -0.454. The molecular formula is C14H13F3N2O. The highest BCUT2D eigenvalue weighted by molar-refractivity contribution is 5.79. The number of alkyl halides is 3. The molecule has 0 atom stereocenters. The van der Waals surface area contributed by atoms with E-state index in [0.29, 0.717) is 18.4 Å². The van der Waals surface area contributed by atoms with Crippen LogP contribution in [-0.2, 0) is 16.5 Å². The molecule has 106 valence electrons. The number of benzene rings is 1. The summed E-state index contributed by atoms with van der Waals surface area (Å²) in [6, 6.07) is 6.74. The van der Waals surface area contributed by atoms with Crippen molar-refractivity contribution in [2.75, 3.05) is 0 Å². The van der Waals surface area contributed by atoms with Crippen LogP contribution in [0, 0.1) is 11.3 Å². The fourth-order valence-corrected chi connectivity index (χ4v) is 2.39. The number of carbonyl (C=O) groups is 1. The van der Waals surface area contributed by atoms with E-state index < -0.39 is 23.2 Å². The third-order valence-electron chi connectivity index (χ3n) is 3.57. The molecule has 0 aromatic heterocycles. The fourth-order valence-electron chi connectivity index (χ4n) is 2.39. The molecule has 2 rings (SSSR count). The van der Waals surface area contributed by atoms with Crippen LogP contribution in [0.25, 0.3) is 0 Å². The van der Waals surface area contributed by atoms with Crippen molar-refractivity contribution in [2.45, 2.75) is 37.4 Å². The van der Waals surface area contributed by atoms with Crippen molar-refractivity contribution in [2.24, 2.45) is 0 Å². The van der Waals surface area contributed by atoms with Gasteiger partial charge in [0.1, 0.15) is 6.42 Å². The van der Waals surface area contributed by atoms with Gasteiger partial charge in [-0.3, -0.25) is 4.79 Å². The summed E-state index contributed by atoms with van der Waals surface area (Å²) in [6.07, 6.45) is -2.68. The van der Waals surface area contributed by atoms with Crippen molar-refractivity contribution >= 4 is 5.91 Å². The Morgan fingerprint density at radius 3 is 2.60 bits per heavy atom. The minimum absolute atomic E-state index is 0.291. The van der Waals surface area contributed by atoms with Crippen LogP contribution in [0.5, 0.6) is 0 Å². The Balaban J connectivity index is 2.28. The van der Waals surface area contributed by atoms with Crippen LogP contribution in [0.1, 0.15) is 36.8 Å². The lowest BCUT2D eigenvalue weighted by Crippen LogP contribution is -2.50. The summed E-state index contributed by atoms with van der Waals surface area (Å²) >= 11 is 0. The van der Waals surface area contributed by atoms with Crippen molar-refractivity contribution in [3.8, 4) is 6.07 Å². The second-order valence-electron chi connectivity index (χ2n) is 4.90. The standard InChI is InChI=1S/C14H13F3N2O/c15-14(16,17)11-4-1-3-10(9-11)13(6-2-7-13)19-12(20)5-8-18/h1,3-4,9H,2,5-7H2,(H,19,20). The number of halogens is 3. The first-order valence-corrected chi connectivity index (χ1v) is 6.23. The van der Waals surface area contributed by atoms with Crippen LogP contribution in [0.4, 0.5) is 13.2 Å². The lowest BCUT2D eigenvalue weighted by molar-refractivity contribution is -0.137. The van der Waals surface area contributed by atoms with E-state index in [4.69, 9.17) is 5.26 Å². The first-order valence-electron chi connectivity index (χ1n) is 6.23. The summed E-state index contributed by atoms with van der Waals surface area (Å²) in [6.45, 7) is 0. The largest absolute Gasteiger partial charge is 0.416 e. The van der Waals surface area contributed by atoms with Crippen molar-refractivity contribution < 1.29 is 18.0 Å². The number of carbonyl (C=O) groups excluding carboxylic acids is 1. The molecule has 1 N–H and O–H groups in total. The van der Waals surface area contributed by atoms with Gasteiger partial charge in [0.25, 0.3) is 0 Å². The first-order chi connectivity index (χ1) is 9.37. The molecular weight excluding hydrogens is 269 g/mol. The predicted octanol–water partition coefficient (Wildman–Crippen LogP) is 3.11. The number of hydrogen-bond donors (Lipinski definition) is 1. The second-order valence-corrected chi connectivity index (χ2v) is 4.90. The summed E-state index contributed by atoms with van der Waals surface area (Å²) in [5, 5.41) is 11.2. The number of hydrogen-bond acceptors (Lipinski definition) is 2. The van der Waals surface area contributed by atoms with E-state index >= 15 is 0 Å². The van der Waals surface area contributed by atoms with E-state index in [2.05, 4.69) is 5.32 Å². The molecule has 0 heterocycles. The highest BCUT2D eigenvalue weighted by atomic mass is 19.4. The van der Waals surface area contributed by atoms with Gasteiger partial charge >= 0.3 is 6.18 Å². The zero-order chi connectivity index (χ0) is 14.8. The van der Waals surface area contributed by atoms with E-state index in [-0.39, 0.29) is 6.42 Å². The maximum atomic E-state index is 12.7.